The van der Waals surface area contributed by atoms with Gasteiger partial charge in [0.15, 0.2) is 0 Å². The number of nitrogens with one attached hydrogen (secondary N) is 1. The molecule has 1 aliphatic carbocycles. The number of aliphatic hydroxyl groups excluding tert-OH is 1. The van der Waals surface area contributed by atoms with Crippen LogP contribution in [-0.2, 0) is 0 Å². The van der Waals surface area contributed by atoms with Crippen molar-refractivity contribution in [2.45, 2.75) is 32.2 Å². The minimum atomic E-state index is 0.324. The van der Waals surface area contributed by atoms with Crippen molar-refractivity contribution < 1.29 is 5.11 Å². The molecule has 0 aliphatic heterocycles. The van der Waals surface area contributed by atoms with Crippen LogP contribution >= 0.6 is 0 Å². The highest BCUT2D eigenvalue weighted by Gasteiger charge is 2.41. The molecule has 0 amide bonds. The largest absolute Gasteiger partial charge is 0.396 e. The highest BCUT2D eigenvalue weighted by molar-refractivity contribution is 4.96. The maximum absolute atomic E-state index is 8.82. The molecule has 0 bridgehead atoms. The topological polar surface area (TPSA) is 32.3 Å². The summed E-state index contributed by atoms with van der Waals surface area (Å²) in [5.41, 5.74) is 0.423. The van der Waals surface area contributed by atoms with Gasteiger partial charge in [0.2, 0.25) is 0 Å². The van der Waals surface area contributed by atoms with Crippen LogP contribution in [0.3, 0.4) is 0 Å². The molecule has 0 aromatic heterocycles. The van der Waals surface area contributed by atoms with Crippen molar-refractivity contribution in [1.29, 1.82) is 0 Å². The summed E-state index contributed by atoms with van der Waals surface area (Å²) < 4.78 is 0. The first-order valence-corrected chi connectivity index (χ1v) is 4.69. The maximum Gasteiger partial charge on any atom is 0.0436 e. The van der Waals surface area contributed by atoms with E-state index >= 15 is 0 Å². The van der Waals surface area contributed by atoms with Gasteiger partial charge in [-0.1, -0.05) is 6.08 Å². The third-order valence-corrected chi connectivity index (χ3v) is 2.75. The van der Waals surface area contributed by atoms with Crippen LogP contribution in [0, 0.1) is 5.41 Å². The molecule has 1 saturated carbocycles. The molecule has 0 heterocycles. The van der Waals surface area contributed by atoms with E-state index in [-0.39, 0.29) is 0 Å². The Labute approximate surface area is 74.7 Å². The zero-order valence-electron chi connectivity index (χ0n) is 7.84. The molecule has 0 aromatic rings. The fourth-order valence-corrected chi connectivity index (χ4v) is 1.39. The summed E-state index contributed by atoms with van der Waals surface area (Å²) in [5, 5.41) is 12.2. The van der Waals surface area contributed by atoms with Crippen LogP contribution in [0.2, 0.25) is 0 Å². The first-order valence-electron chi connectivity index (χ1n) is 4.69. The van der Waals surface area contributed by atoms with Gasteiger partial charge in [0.05, 0.1) is 0 Å². The SMILES string of the molecule is C=CC(C)NCC1(CCO)CC1. The van der Waals surface area contributed by atoms with Gasteiger partial charge in [-0.15, -0.1) is 6.58 Å². The molecule has 1 rings (SSSR count). The normalized spacial score (nSPS) is 21.8. The predicted molar refractivity (Wildman–Crippen MR) is 51.0 cm³/mol. The molecule has 1 unspecified atom stereocenters. The van der Waals surface area contributed by atoms with E-state index in [4.69, 9.17) is 5.11 Å². The maximum atomic E-state index is 8.82. The number of hydrogen-bond donors (Lipinski definition) is 2. The van der Waals surface area contributed by atoms with Crippen LogP contribution < -0.4 is 5.32 Å². The molecular formula is C10H19NO. The van der Waals surface area contributed by atoms with Gasteiger partial charge < -0.3 is 10.4 Å². The summed E-state index contributed by atoms with van der Waals surface area (Å²) in [7, 11) is 0. The Balaban J connectivity index is 2.17. The molecule has 0 spiro atoms. The van der Waals surface area contributed by atoms with Crippen LogP contribution in [0.15, 0.2) is 12.7 Å². The molecule has 70 valence electrons. The van der Waals surface area contributed by atoms with Crippen LogP contribution in [0.1, 0.15) is 26.2 Å². The summed E-state index contributed by atoms with van der Waals surface area (Å²) in [6, 6.07) is 0.390. The minimum absolute atomic E-state index is 0.324. The van der Waals surface area contributed by atoms with Crippen LogP contribution in [0.5, 0.6) is 0 Å². The Bertz CT molecular complexity index is 152. The van der Waals surface area contributed by atoms with E-state index in [2.05, 4.69) is 18.8 Å². The summed E-state index contributed by atoms with van der Waals surface area (Å²) in [6.45, 7) is 7.17. The lowest BCUT2D eigenvalue weighted by atomic mass is 10.0. The fraction of sp³-hybridized carbons (Fsp3) is 0.800. The zero-order valence-corrected chi connectivity index (χ0v) is 7.84. The molecule has 0 saturated heterocycles. The molecule has 1 atom stereocenters. The number of hydrogen-bond acceptors (Lipinski definition) is 2. The van der Waals surface area contributed by atoms with E-state index in [1.807, 2.05) is 6.08 Å². The van der Waals surface area contributed by atoms with Crippen LogP contribution in [0.25, 0.3) is 0 Å². The van der Waals surface area contributed by atoms with Gasteiger partial charge in [0.25, 0.3) is 0 Å². The van der Waals surface area contributed by atoms with Crippen molar-refractivity contribution in [3.63, 3.8) is 0 Å². The zero-order chi connectivity index (χ0) is 9.03. The van der Waals surface area contributed by atoms with Crippen molar-refractivity contribution in [1.82, 2.24) is 5.32 Å². The van der Waals surface area contributed by atoms with E-state index in [0.717, 1.165) is 13.0 Å². The Morgan fingerprint density at radius 1 is 1.67 bits per heavy atom. The van der Waals surface area contributed by atoms with Gasteiger partial charge in [0.1, 0.15) is 0 Å². The lowest BCUT2D eigenvalue weighted by molar-refractivity contribution is 0.244. The number of aliphatic hydroxyl groups is 1. The standard InChI is InChI=1S/C10H19NO/c1-3-9(2)11-8-10(4-5-10)6-7-12/h3,9,11-12H,1,4-8H2,2H3. The summed E-state index contributed by atoms with van der Waals surface area (Å²) in [6.07, 6.45) is 5.40. The van der Waals surface area contributed by atoms with Crippen LogP contribution in [-0.4, -0.2) is 24.3 Å². The lowest BCUT2D eigenvalue weighted by Gasteiger charge is -2.16. The monoisotopic (exact) mass is 169 g/mol. The molecule has 1 aliphatic rings. The fourth-order valence-electron chi connectivity index (χ4n) is 1.39. The van der Waals surface area contributed by atoms with Crippen molar-refractivity contribution in [2.75, 3.05) is 13.2 Å². The highest BCUT2D eigenvalue weighted by Crippen LogP contribution is 2.47. The second-order valence-corrected chi connectivity index (χ2v) is 3.88. The first kappa shape index (κ1) is 9.75. The molecule has 1 fully saturated rings. The van der Waals surface area contributed by atoms with Crippen molar-refractivity contribution in [2.24, 2.45) is 5.41 Å². The molecule has 0 radical (unpaired) electrons. The number of rotatable bonds is 6. The lowest BCUT2D eigenvalue weighted by Crippen LogP contribution is -2.31. The van der Waals surface area contributed by atoms with E-state index in [1.54, 1.807) is 0 Å². The van der Waals surface area contributed by atoms with Gasteiger partial charge >= 0.3 is 0 Å². The summed E-state index contributed by atoms with van der Waals surface area (Å²) in [5.74, 6) is 0. The van der Waals surface area contributed by atoms with Crippen molar-refractivity contribution >= 4 is 0 Å². The van der Waals surface area contributed by atoms with Gasteiger partial charge in [-0.05, 0) is 31.6 Å². The van der Waals surface area contributed by atoms with E-state index in [0.29, 0.717) is 18.1 Å². The summed E-state index contributed by atoms with van der Waals surface area (Å²) >= 11 is 0. The minimum Gasteiger partial charge on any atom is -0.396 e. The summed E-state index contributed by atoms with van der Waals surface area (Å²) in [4.78, 5) is 0. The van der Waals surface area contributed by atoms with E-state index in [1.165, 1.54) is 12.8 Å². The second kappa shape index (κ2) is 4.06. The van der Waals surface area contributed by atoms with Crippen molar-refractivity contribution in [3.8, 4) is 0 Å². The van der Waals surface area contributed by atoms with E-state index in [9.17, 15) is 0 Å². The van der Waals surface area contributed by atoms with Gasteiger partial charge in [-0.2, -0.15) is 0 Å². The van der Waals surface area contributed by atoms with E-state index < -0.39 is 0 Å². The Hall–Kier alpha value is -0.340. The molecule has 2 N–H and O–H groups in total. The van der Waals surface area contributed by atoms with Crippen molar-refractivity contribution in [3.05, 3.63) is 12.7 Å². The van der Waals surface area contributed by atoms with Gasteiger partial charge in [0, 0.05) is 19.2 Å². The molecule has 2 heteroatoms. The Morgan fingerprint density at radius 2 is 2.33 bits per heavy atom. The van der Waals surface area contributed by atoms with Crippen LogP contribution in [0.4, 0.5) is 0 Å². The third kappa shape index (κ3) is 2.61. The quantitative estimate of drug-likeness (QED) is 0.588. The smallest absolute Gasteiger partial charge is 0.0436 e. The average molecular weight is 169 g/mol. The third-order valence-electron chi connectivity index (χ3n) is 2.75. The molecule has 2 nitrogen and oxygen atoms in total. The molecule has 12 heavy (non-hydrogen) atoms. The van der Waals surface area contributed by atoms with Gasteiger partial charge in [-0.3, -0.25) is 0 Å². The first-order chi connectivity index (χ1) is 5.72. The van der Waals surface area contributed by atoms with Gasteiger partial charge in [-0.25, -0.2) is 0 Å². The Kier molecular flexibility index (Phi) is 3.29. The second-order valence-electron chi connectivity index (χ2n) is 3.88. The molecule has 0 aromatic carbocycles. The average Bonchev–Trinajstić information content (AvgIpc) is 2.82. The highest BCUT2D eigenvalue weighted by atomic mass is 16.3. The predicted octanol–water partition coefficient (Wildman–Crippen LogP) is 1.31. The Morgan fingerprint density at radius 3 is 2.75 bits per heavy atom. The molecular weight excluding hydrogens is 150 g/mol.